The molecule has 0 amide bonds. The lowest BCUT2D eigenvalue weighted by molar-refractivity contribution is 0.0918. The van der Waals surface area contributed by atoms with E-state index < -0.39 is 5.82 Å². The quantitative estimate of drug-likeness (QED) is 0.659. The number of rotatable bonds is 5. The number of carbonyl (C=O) groups excluding carboxylic acids is 1. The van der Waals surface area contributed by atoms with Crippen LogP contribution in [0.2, 0.25) is 0 Å². The van der Waals surface area contributed by atoms with Crippen LogP contribution in [0.25, 0.3) is 11.4 Å². The van der Waals surface area contributed by atoms with Gasteiger partial charge in [-0.2, -0.15) is 4.98 Å². The zero-order valence-corrected chi connectivity index (χ0v) is 13.4. The molecular weight excluding hydrogens is 326 g/mol. The molecule has 0 fully saturated rings. The number of aromatic nitrogens is 2. The summed E-state index contributed by atoms with van der Waals surface area (Å²) in [6, 6.07) is 12.6. The molecule has 0 saturated carbocycles. The largest absolute Gasteiger partial charge is 0.469 e. The van der Waals surface area contributed by atoms with Crippen LogP contribution >= 0.6 is 0 Å². The number of Topliss-reactive ketones (excluding diaryl/α,β-unsaturated/α-hetero) is 1. The highest BCUT2D eigenvalue weighted by atomic mass is 19.1. The Morgan fingerprint density at radius 1 is 0.960 bits per heavy atom. The molecule has 0 aliphatic heterocycles. The fourth-order valence-electron chi connectivity index (χ4n) is 2.20. The number of halogens is 2. The lowest BCUT2D eigenvalue weighted by atomic mass is 10.1. The number of benzene rings is 2. The highest BCUT2D eigenvalue weighted by Gasteiger charge is 2.10. The van der Waals surface area contributed by atoms with E-state index in [0.717, 1.165) is 0 Å². The van der Waals surface area contributed by atoms with E-state index in [4.69, 9.17) is 4.74 Å². The van der Waals surface area contributed by atoms with E-state index in [1.54, 1.807) is 25.1 Å². The summed E-state index contributed by atoms with van der Waals surface area (Å²) in [5.41, 5.74) is 1.64. The van der Waals surface area contributed by atoms with E-state index in [1.807, 2.05) is 0 Å². The summed E-state index contributed by atoms with van der Waals surface area (Å²) in [6.07, 6.45) is 0. The van der Waals surface area contributed by atoms with Crippen LogP contribution in [-0.2, 0) is 0 Å². The molecule has 3 aromatic rings. The van der Waals surface area contributed by atoms with Gasteiger partial charge in [-0.05, 0) is 55.5 Å². The third-order valence-electron chi connectivity index (χ3n) is 3.45. The van der Waals surface area contributed by atoms with Crippen LogP contribution in [0.5, 0.6) is 5.88 Å². The minimum Gasteiger partial charge on any atom is -0.469 e. The Morgan fingerprint density at radius 2 is 1.56 bits per heavy atom. The Labute approximate surface area is 143 Å². The zero-order chi connectivity index (χ0) is 17.8. The Balaban J connectivity index is 1.75. The Kier molecular flexibility index (Phi) is 4.79. The second-order valence-electron chi connectivity index (χ2n) is 5.40. The number of ether oxygens (including phenoxy) is 1. The van der Waals surface area contributed by atoms with Gasteiger partial charge < -0.3 is 4.74 Å². The highest BCUT2D eigenvalue weighted by molar-refractivity contribution is 5.97. The molecule has 0 aliphatic rings. The zero-order valence-electron chi connectivity index (χ0n) is 13.4. The molecule has 25 heavy (non-hydrogen) atoms. The van der Waals surface area contributed by atoms with E-state index in [-0.39, 0.29) is 24.1 Å². The smallest absolute Gasteiger partial charge is 0.217 e. The number of nitrogens with zero attached hydrogens (tertiary/aromatic N) is 2. The molecule has 0 aliphatic carbocycles. The van der Waals surface area contributed by atoms with Gasteiger partial charge in [-0.3, -0.25) is 4.79 Å². The topological polar surface area (TPSA) is 52.1 Å². The maximum atomic E-state index is 13.0. The molecule has 0 N–H and O–H groups in total. The lowest BCUT2D eigenvalue weighted by Gasteiger charge is -2.08. The lowest BCUT2D eigenvalue weighted by Crippen LogP contribution is -2.12. The van der Waals surface area contributed by atoms with Gasteiger partial charge in [-0.25, -0.2) is 13.8 Å². The first-order valence-electron chi connectivity index (χ1n) is 7.54. The van der Waals surface area contributed by atoms with Crippen molar-refractivity contribution in [1.82, 2.24) is 9.97 Å². The van der Waals surface area contributed by atoms with Crippen LogP contribution in [0.3, 0.4) is 0 Å². The van der Waals surface area contributed by atoms with Crippen molar-refractivity contribution in [2.45, 2.75) is 6.92 Å². The average molecular weight is 340 g/mol. The normalized spacial score (nSPS) is 10.5. The second kappa shape index (κ2) is 7.17. The monoisotopic (exact) mass is 340 g/mol. The fourth-order valence-corrected chi connectivity index (χ4v) is 2.20. The SMILES string of the molecule is Cc1cc(OCC(=O)c2ccc(F)cc2)nc(-c2ccc(F)cc2)n1. The van der Waals surface area contributed by atoms with Gasteiger partial charge in [0.05, 0.1) is 0 Å². The maximum absolute atomic E-state index is 13.0. The van der Waals surface area contributed by atoms with Gasteiger partial charge in [-0.1, -0.05) is 0 Å². The molecule has 0 spiro atoms. The van der Waals surface area contributed by atoms with E-state index in [1.165, 1.54) is 36.4 Å². The van der Waals surface area contributed by atoms with Crippen LogP contribution in [-0.4, -0.2) is 22.4 Å². The first-order chi connectivity index (χ1) is 12.0. The van der Waals surface area contributed by atoms with Crippen molar-refractivity contribution in [2.75, 3.05) is 6.61 Å². The van der Waals surface area contributed by atoms with E-state index in [9.17, 15) is 13.6 Å². The Hall–Kier alpha value is -3.15. The van der Waals surface area contributed by atoms with Gasteiger partial charge in [0, 0.05) is 22.9 Å². The molecule has 0 saturated heterocycles. The molecule has 0 unspecified atom stereocenters. The van der Waals surface area contributed by atoms with Crippen molar-refractivity contribution >= 4 is 5.78 Å². The molecule has 2 aromatic carbocycles. The summed E-state index contributed by atoms with van der Waals surface area (Å²) in [5.74, 6) is -0.434. The average Bonchev–Trinajstić information content (AvgIpc) is 2.60. The second-order valence-corrected chi connectivity index (χ2v) is 5.40. The molecule has 3 rings (SSSR count). The number of hydrogen-bond acceptors (Lipinski definition) is 4. The van der Waals surface area contributed by atoms with E-state index >= 15 is 0 Å². The molecule has 6 heteroatoms. The van der Waals surface area contributed by atoms with E-state index in [0.29, 0.717) is 22.6 Å². The first-order valence-corrected chi connectivity index (χ1v) is 7.54. The number of aryl methyl sites for hydroxylation is 1. The molecule has 126 valence electrons. The Bertz CT molecular complexity index is 894. The minimum absolute atomic E-state index is 0.231. The van der Waals surface area contributed by atoms with Gasteiger partial charge in [0.1, 0.15) is 11.6 Å². The van der Waals surface area contributed by atoms with Crippen molar-refractivity contribution < 1.29 is 18.3 Å². The van der Waals surface area contributed by atoms with Gasteiger partial charge >= 0.3 is 0 Å². The predicted octanol–water partition coefficient (Wildman–Crippen LogP) is 3.99. The summed E-state index contributed by atoms with van der Waals surface area (Å²) < 4.78 is 31.4. The molecule has 1 aromatic heterocycles. The summed E-state index contributed by atoms with van der Waals surface area (Å²) in [4.78, 5) is 20.6. The molecule has 0 radical (unpaired) electrons. The summed E-state index contributed by atoms with van der Waals surface area (Å²) in [7, 11) is 0. The Morgan fingerprint density at radius 3 is 2.20 bits per heavy atom. The number of ketones is 1. The third kappa shape index (κ3) is 4.23. The van der Waals surface area contributed by atoms with Crippen LogP contribution in [0.4, 0.5) is 8.78 Å². The molecular formula is C19H14F2N2O2. The maximum Gasteiger partial charge on any atom is 0.217 e. The predicted molar refractivity (Wildman–Crippen MR) is 88.4 cm³/mol. The third-order valence-corrected chi connectivity index (χ3v) is 3.45. The highest BCUT2D eigenvalue weighted by Crippen LogP contribution is 2.19. The molecule has 4 nitrogen and oxygen atoms in total. The molecule has 0 bridgehead atoms. The molecule has 0 atom stereocenters. The minimum atomic E-state index is -0.409. The van der Waals surface area contributed by atoms with Crippen molar-refractivity contribution in [2.24, 2.45) is 0 Å². The summed E-state index contributed by atoms with van der Waals surface area (Å²) >= 11 is 0. The fraction of sp³-hybridized carbons (Fsp3) is 0.105. The van der Waals surface area contributed by atoms with E-state index in [2.05, 4.69) is 9.97 Å². The van der Waals surface area contributed by atoms with Crippen LogP contribution in [0.15, 0.2) is 54.6 Å². The van der Waals surface area contributed by atoms with Crippen molar-refractivity contribution in [3.05, 3.63) is 77.5 Å². The van der Waals surface area contributed by atoms with Crippen LogP contribution in [0.1, 0.15) is 16.1 Å². The van der Waals surface area contributed by atoms with Gasteiger partial charge in [0.2, 0.25) is 5.88 Å². The number of hydrogen-bond donors (Lipinski definition) is 0. The summed E-state index contributed by atoms with van der Waals surface area (Å²) in [6.45, 7) is 1.54. The summed E-state index contributed by atoms with van der Waals surface area (Å²) in [5, 5.41) is 0. The van der Waals surface area contributed by atoms with Crippen molar-refractivity contribution in [3.8, 4) is 17.3 Å². The van der Waals surface area contributed by atoms with Crippen LogP contribution < -0.4 is 4.74 Å². The van der Waals surface area contributed by atoms with Crippen molar-refractivity contribution in [1.29, 1.82) is 0 Å². The first kappa shape index (κ1) is 16.7. The van der Waals surface area contributed by atoms with Crippen molar-refractivity contribution in [3.63, 3.8) is 0 Å². The van der Waals surface area contributed by atoms with Gasteiger partial charge in [-0.15, -0.1) is 0 Å². The van der Waals surface area contributed by atoms with Gasteiger partial charge in [0.25, 0.3) is 0 Å². The van der Waals surface area contributed by atoms with Crippen LogP contribution in [0, 0.1) is 18.6 Å². The number of carbonyl (C=O) groups is 1. The standard InChI is InChI=1S/C19H14F2N2O2/c1-12-10-18(23-19(22-12)14-4-8-16(21)9-5-14)25-11-17(24)13-2-6-15(20)7-3-13/h2-10H,11H2,1H3. The molecule has 1 heterocycles. The van der Waals surface area contributed by atoms with Gasteiger partial charge in [0.15, 0.2) is 18.2 Å².